The van der Waals surface area contributed by atoms with Gasteiger partial charge in [0, 0.05) is 35.4 Å². The molecule has 0 aromatic carbocycles. The normalized spacial score (nSPS) is 26.0. The predicted molar refractivity (Wildman–Crippen MR) is 89.7 cm³/mol. The van der Waals surface area contributed by atoms with Gasteiger partial charge < -0.3 is 15.0 Å². The van der Waals surface area contributed by atoms with Crippen molar-refractivity contribution in [1.29, 1.82) is 0 Å². The molecule has 3 saturated heterocycles. The lowest BCUT2D eigenvalue weighted by Gasteiger charge is -2.44. The molecular formula is C17H19N3O2S. The Kier molecular flexibility index (Phi) is 4.01. The van der Waals surface area contributed by atoms with Crippen LogP contribution in [0.3, 0.4) is 0 Å². The van der Waals surface area contributed by atoms with Gasteiger partial charge in [0.1, 0.15) is 0 Å². The molecule has 2 bridgehead atoms. The Morgan fingerprint density at radius 1 is 1.30 bits per heavy atom. The summed E-state index contributed by atoms with van der Waals surface area (Å²) in [6, 6.07) is 7.91. The summed E-state index contributed by atoms with van der Waals surface area (Å²) in [5.74, 6) is 0.599. The summed E-state index contributed by atoms with van der Waals surface area (Å²) in [6.07, 6.45) is 5.56. The molecule has 2 aromatic rings. The van der Waals surface area contributed by atoms with Crippen molar-refractivity contribution in [1.82, 2.24) is 15.2 Å². The van der Waals surface area contributed by atoms with Crippen molar-refractivity contribution >= 4 is 17.4 Å². The quantitative estimate of drug-likeness (QED) is 0.940. The van der Waals surface area contributed by atoms with Crippen LogP contribution in [0.4, 0.5) is 4.79 Å². The van der Waals surface area contributed by atoms with Crippen LogP contribution >= 0.6 is 11.3 Å². The second-order valence-electron chi connectivity index (χ2n) is 6.14. The van der Waals surface area contributed by atoms with Crippen molar-refractivity contribution in [3.8, 4) is 15.5 Å². The summed E-state index contributed by atoms with van der Waals surface area (Å²) in [5.41, 5.74) is 1.03. The zero-order valence-electron chi connectivity index (χ0n) is 12.8. The van der Waals surface area contributed by atoms with Crippen LogP contribution in [0, 0.1) is 5.92 Å². The maximum absolute atomic E-state index is 12.1. The second-order valence-corrected chi connectivity index (χ2v) is 7.19. The highest BCUT2D eigenvalue weighted by atomic mass is 32.1. The zero-order chi connectivity index (χ0) is 15.6. The van der Waals surface area contributed by atoms with Crippen LogP contribution in [0.25, 0.3) is 10.4 Å². The van der Waals surface area contributed by atoms with Crippen molar-refractivity contribution in [2.24, 2.45) is 5.92 Å². The predicted octanol–water partition coefficient (Wildman–Crippen LogP) is 2.99. The monoisotopic (exact) mass is 329 g/mol. The van der Waals surface area contributed by atoms with Gasteiger partial charge in [0.25, 0.3) is 0 Å². The van der Waals surface area contributed by atoms with Crippen molar-refractivity contribution in [2.45, 2.75) is 18.9 Å². The summed E-state index contributed by atoms with van der Waals surface area (Å²) < 4.78 is 5.46. The van der Waals surface area contributed by atoms with Crippen molar-refractivity contribution < 1.29 is 9.53 Å². The van der Waals surface area contributed by atoms with Crippen LogP contribution in [0.2, 0.25) is 0 Å². The highest BCUT2D eigenvalue weighted by Gasteiger charge is 2.35. The molecule has 5 rings (SSSR count). The topological polar surface area (TPSA) is 54.5 Å². The maximum Gasteiger partial charge on any atom is 0.413 e. The number of piperidine rings is 3. The number of nitrogens with one attached hydrogen (secondary N) is 1. The number of ether oxygens (including phenoxy) is 1. The minimum Gasteiger partial charge on any atom is -0.399 e. The molecule has 1 unspecified atom stereocenters. The van der Waals surface area contributed by atoms with E-state index in [1.807, 2.05) is 30.5 Å². The van der Waals surface area contributed by atoms with E-state index < -0.39 is 0 Å². The number of rotatable bonds is 3. The van der Waals surface area contributed by atoms with Gasteiger partial charge in [-0.05, 0) is 50.0 Å². The number of carbonyl (C=O) groups excluding carboxylic acids is 1. The maximum atomic E-state index is 12.1. The van der Waals surface area contributed by atoms with Gasteiger partial charge in [-0.25, -0.2) is 4.79 Å². The van der Waals surface area contributed by atoms with Crippen LogP contribution in [0.15, 0.2) is 36.7 Å². The van der Waals surface area contributed by atoms with Crippen LogP contribution < -0.4 is 10.1 Å². The molecule has 0 saturated carbocycles. The van der Waals surface area contributed by atoms with E-state index in [1.54, 1.807) is 6.20 Å². The van der Waals surface area contributed by atoms with E-state index >= 15 is 0 Å². The Morgan fingerprint density at radius 2 is 2.17 bits per heavy atom. The number of amides is 1. The molecule has 1 amide bonds. The summed E-state index contributed by atoms with van der Waals surface area (Å²) in [4.78, 5) is 19.7. The lowest BCUT2D eigenvalue weighted by Crippen LogP contribution is -2.57. The third kappa shape index (κ3) is 3.23. The van der Waals surface area contributed by atoms with E-state index in [-0.39, 0.29) is 12.1 Å². The van der Waals surface area contributed by atoms with Gasteiger partial charge in [0.2, 0.25) is 0 Å². The third-order valence-corrected chi connectivity index (χ3v) is 5.69. The van der Waals surface area contributed by atoms with Crippen LogP contribution in [-0.4, -0.2) is 41.7 Å². The first-order chi connectivity index (χ1) is 11.3. The number of pyridine rings is 1. The Balaban J connectivity index is 1.37. The minimum absolute atomic E-state index is 0.225. The molecular weight excluding hydrogens is 310 g/mol. The van der Waals surface area contributed by atoms with Gasteiger partial charge in [0.05, 0.1) is 0 Å². The largest absolute Gasteiger partial charge is 0.413 e. The fourth-order valence-corrected chi connectivity index (χ4v) is 4.28. The second kappa shape index (κ2) is 6.29. The van der Waals surface area contributed by atoms with Gasteiger partial charge in [-0.2, -0.15) is 0 Å². The summed E-state index contributed by atoms with van der Waals surface area (Å²) in [6.45, 7) is 3.28. The molecule has 5 nitrogen and oxygen atoms in total. The zero-order valence-corrected chi connectivity index (χ0v) is 13.6. The van der Waals surface area contributed by atoms with E-state index in [1.165, 1.54) is 24.2 Å². The fourth-order valence-electron chi connectivity index (χ4n) is 3.44. The lowest BCUT2D eigenvalue weighted by atomic mass is 9.84. The first-order valence-corrected chi connectivity index (χ1v) is 8.80. The molecule has 0 spiro atoms. The summed E-state index contributed by atoms with van der Waals surface area (Å²) in [7, 11) is 0. The first-order valence-electron chi connectivity index (χ1n) is 7.99. The standard InChI is InChI=1S/C17H19N3O2S/c21-17(19-14-11-20-8-5-12(14)6-9-20)22-16-4-3-15(23-16)13-2-1-7-18-10-13/h1-4,7,10,12,14H,5-6,8-9,11H2,(H,19,21). The van der Waals surface area contributed by atoms with E-state index in [0.717, 1.165) is 30.1 Å². The van der Waals surface area contributed by atoms with Crippen molar-refractivity contribution in [3.05, 3.63) is 36.7 Å². The highest BCUT2D eigenvalue weighted by molar-refractivity contribution is 7.17. The average molecular weight is 329 g/mol. The highest BCUT2D eigenvalue weighted by Crippen LogP contribution is 2.33. The van der Waals surface area contributed by atoms with Crippen LogP contribution in [-0.2, 0) is 0 Å². The van der Waals surface area contributed by atoms with E-state index in [4.69, 9.17) is 4.74 Å². The van der Waals surface area contributed by atoms with Crippen molar-refractivity contribution in [2.75, 3.05) is 19.6 Å². The number of nitrogens with zero attached hydrogens (tertiary/aromatic N) is 2. The Morgan fingerprint density at radius 3 is 2.87 bits per heavy atom. The van der Waals surface area contributed by atoms with Crippen molar-refractivity contribution in [3.63, 3.8) is 0 Å². The van der Waals surface area contributed by atoms with Crippen LogP contribution in [0.1, 0.15) is 12.8 Å². The molecule has 1 atom stereocenters. The van der Waals surface area contributed by atoms with Gasteiger partial charge in [-0.1, -0.05) is 17.4 Å². The summed E-state index contributed by atoms with van der Waals surface area (Å²) in [5, 5.41) is 3.65. The number of hydrogen-bond acceptors (Lipinski definition) is 5. The Hall–Kier alpha value is -1.92. The minimum atomic E-state index is -0.344. The molecule has 3 aliphatic rings. The number of aromatic nitrogens is 1. The molecule has 3 aliphatic heterocycles. The average Bonchev–Trinajstić information content (AvgIpc) is 3.05. The molecule has 2 aromatic heterocycles. The number of carbonyl (C=O) groups is 1. The molecule has 0 aliphatic carbocycles. The summed E-state index contributed by atoms with van der Waals surface area (Å²) >= 11 is 1.46. The fraction of sp³-hybridized carbons (Fsp3) is 0.412. The van der Waals surface area contributed by atoms with Gasteiger partial charge in [-0.15, -0.1) is 0 Å². The molecule has 6 heteroatoms. The smallest absolute Gasteiger partial charge is 0.399 e. The Labute approximate surface area is 139 Å². The number of thiophene rings is 1. The third-order valence-electron chi connectivity index (χ3n) is 4.68. The SMILES string of the molecule is O=C(NC1CN2CCC1CC2)Oc1ccc(-c2cccnc2)s1. The van der Waals surface area contributed by atoms with E-state index in [2.05, 4.69) is 15.2 Å². The first kappa shape index (κ1) is 14.7. The molecule has 3 fully saturated rings. The van der Waals surface area contributed by atoms with E-state index in [0.29, 0.717) is 11.0 Å². The molecule has 0 radical (unpaired) electrons. The molecule has 5 heterocycles. The molecule has 1 N–H and O–H groups in total. The lowest BCUT2D eigenvalue weighted by molar-refractivity contribution is 0.0726. The van der Waals surface area contributed by atoms with E-state index in [9.17, 15) is 4.79 Å². The van der Waals surface area contributed by atoms with Gasteiger partial charge in [0.15, 0.2) is 5.06 Å². The van der Waals surface area contributed by atoms with Gasteiger partial charge in [-0.3, -0.25) is 4.98 Å². The molecule has 23 heavy (non-hydrogen) atoms. The van der Waals surface area contributed by atoms with Crippen LogP contribution in [0.5, 0.6) is 5.06 Å². The van der Waals surface area contributed by atoms with Gasteiger partial charge >= 0.3 is 6.09 Å². The molecule has 120 valence electrons. The number of fused-ring (bicyclic) bond motifs is 3. The number of hydrogen-bond donors (Lipinski definition) is 1. The Bertz CT molecular complexity index is 680.